The van der Waals surface area contributed by atoms with Crippen molar-refractivity contribution in [1.29, 1.82) is 0 Å². The van der Waals surface area contributed by atoms with Gasteiger partial charge in [0.15, 0.2) is 0 Å². The van der Waals surface area contributed by atoms with Gasteiger partial charge in [-0.1, -0.05) is 32.4 Å². The Morgan fingerprint density at radius 3 is 2.10 bits per heavy atom. The molecule has 2 bridgehead atoms. The third-order valence-corrected chi connectivity index (χ3v) is 8.64. The number of rotatable bonds is 6. The maximum atomic E-state index is 13.5. The lowest BCUT2D eigenvalue weighted by Crippen LogP contribution is -2.40. The minimum absolute atomic E-state index is 0.207. The van der Waals surface area contributed by atoms with Crippen LogP contribution in [0.5, 0.6) is 0 Å². The molecule has 1 saturated heterocycles. The molecule has 1 aromatic heterocycles. The number of piperidine rings is 1. The summed E-state index contributed by atoms with van der Waals surface area (Å²) >= 11 is 0. The van der Waals surface area contributed by atoms with E-state index in [9.17, 15) is 4.79 Å². The zero-order valence-electron chi connectivity index (χ0n) is 19.7. The Morgan fingerprint density at radius 2 is 1.45 bits per heavy atom. The summed E-state index contributed by atoms with van der Waals surface area (Å²) in [4.78, 5) is 16.1. The van der Waals surface area contributed by atoms with Crippen LogP contribution in [0.4, 0.5) is 0 Å². The number of hydrogen-bond donors (Lipinski definition) is 0. The van der Waals surface area contributed by atoms with Crippen molar-refractivity contribution in [3.63, 3.8) is 0 Å². The molecular formula is C27H41N3O. The number of benzene rings is 1. The average molecular weight is 424 g/mol. The molecule has 1 aromatic carbocycles. The first-order chi connectivity index (χ1) is 15.0. The topological polar surface area (TPSA) is 30.2 Å². The molecular weight excluding hydrogens is 382 g/mol. The van der Waals surface area contributed by atoms with Crippen LogP contribution in [0.15, 0.2) is 29.1 Å². The fraction of sp³-hybridized carbons (Fsp3) is 0.741. The van der Waals surface area contributed by atoms with Gasteiger partial charge in [-0.3, -0.25) is 9.13 Å². The van der Waals surface area contributed by atoms with Crippen molar-refractivity contribution in [2.45, 2.75) is 84.7 Å². The third-order valence-electron chi connectivity index (χ3n) is 8.64. The van der Waals surface area contributed by atoms with Gasteiger partial charge in [-0.25, -0.2) is 4.79 Å². The molecule has 4 nitrogen and oxygen atoms in total. The smallest absolute Gasteiger partial charge is 0.302 e. The second kappa shape index (κ2) is 8.77. The standard InChI is InChI=1S/C27H41N3O/c1-21-16-23-17-22(2)19-27(18-21,20-23)10-13-29-24-8-4-5-9-25(24)30(26(29)31)15-14-28-11-6-3-7-12-28/h4-5,8-9,21-23H,3,6-7,10-20H2,1-2H3. The van der Waals surface area contributed by atoms with E-state index in [0.29, 0.717) is 5.41 Å². The number of aromatic nitrogens is 2. The van der Waals surface area contributed by atoms with Crippen molar-refractivity contribution in [3.05, 3.63) is 34.7 Å². The van der Waals surface area contributed by atoms with E-state index in [-0.39, 0.29) is 5.69 Å². The van der Waals surface area contributed by atoms with E-state index in [2.05, 4.69) is 52.1 Å². The summed E-state index contributed by atoms with van der Waals surface area (Å²) in [5.41, 5.74) is 2.91. The van der Waals surface area contributed by atoms with Crippen molar-refractivity contribution in [2.24, 2.45) is 23.2 Å². The van der Waals surface area contributed by atoms with Crippen molar-refractivity contribution >= 4 is 11.0 Å². The zero-order valence-corrected chi connectivity index (χ0v) is 19.7. The molecule has 0 radical (unpaired) electrons. The van der Waals surface area contributed by atoms with Crippen LogP contribution in [-0.4, -0.2) is 33.7 Å². The number of fused-ring (bicyclic) bond motifs is 3. The van der Waals surface area contributed by atoms with Gasteiger partial charge in [-0.15, -0.1) is 0 Å². The first kappa shape index (κ1) is 21.3. The molecule has 2 unspecified atom stereocenters. The first-order valence-corrected chi connectivity index (χ1v) is 12.9. The Balaban J connectivity index is 1.37. The van der Waals surface area contributed by atoms with Gasteiger partial charge < -0.3 is 4.90 Å². The first-order valence-electron chi connectivity index (χ1n) is 12.9. The number of likely N-dealkylation sites (tertiary alicyclic amines) is 1. The molecule has 0 spiro atoms. The summed E-state index contributed by atoms with van der Waals surface area (Å²) in [6.07, 6.45) is 12.1. The van der Waals surface area contributed by atoms with Crippen LogP contribution >= 0.6 is 0 Å². The lowest BCUT2D eigenvalue weighted by Gasteiger charge is -2.50. The molecule has 2 aliphatic carbocycles. The number of hydrogen-bond acceptors (Lipinski definition) is 2. The SMILES string of the molecule is CC1CC2CC(C)CC(CCn3c(=O)n(CCN4CCCCC4)c4ccccc43)(C1)C2. The summed E-state index contributed by atoms with van der Waals surface area (Å²) in [6.45, 7) is 9.97. The Kier molecular flexibility index (Phi) is 6.02. The van der Waals surface area contributed by atoms with Crippen molar-refractivity contribution in [3.8, 4) is 0 Å². The number of aryl methyl sites for hydroxylation is 1. The molecule has 2 atom stereocenters. The highest BCUT2D eigenvalue weighted by atomic mass is 16.1. The van der Waals surface area contributed by atoms with Crippen LogP contribution < -0.4 is 5.69 Å². The van der Waals surface area contributed by atoms with Gasteiger partial charge >= 0.3 is 5.69 Å². The second-order valence-electron chi connectivity index (χ2n) is 11.4. The second-order valence-corrected chi connectivity index (χ2v) is 11.4. The molecule has 3 aliphatic rings. The van der Waals surface area contributed by atoms with Gasteiger partial charge in [0.05, 0.1) is 11.0 Å². The van der Waals surface area contributed by atoms with Crippen LogP contribution in [0.3, 0.4) is 0 Å². The summed E-state index contributed by atoms with van der Waals surface area (Å²) in [5.74, 6) is 2.60. The summed E-state index contributed by atoms with van der Waals surface area (Å²) in [6, 6.07) is 8.47. The molecule has 0 N–H and O–H groups in total. The van der Waals surface area contributed by atoms with Crippen LogP contribution in [0.25, 0.3) is 11.0 Å². The van der Waals surface area contributed by atoms with Gasteiger partial charge in [-0.05, 0) is 99.8 Å². The van der Waals surface area contributed by atoms with E-state index < -0.39 is 0 Å². The number of nitrogens with zero attached hydrogens (tertiary/aromatic N) is 3. The fourth-order valence-corrected chi connectivity index (χ4v) is 7.69. The van der Waals surface area contributed by atoms with E-state index in [0.717, 1.165) is 54.8 Å². The normalized spacial score (nSPS) is 31.9. The Bertz CT molecular complexity index is 932. The molecule has 1 aliphatic heterocycles. The average Bonchev–Trinajstić information content (AvgIpc) is 3.01. The quantitative estimate of drug-likeness (QED) is 0.611. The molecule has 2 aromatic rings. The molecule has 31 heavy (non-hydrogen) atoms. The van der Waals surface area contributed by atoms with E-state index in [1.807, 2.05) is 0 Å². The van der Waals surface area contributed by atoms with Crippen LogP contribution in [-0.2, 0) is 13.1 Å². The fourth-order valence-electron chi connectivity index (χ4n) is 7.69. The summed E-state index contributed by atoms with van der Waals surface area (Å²) in [7, 11) is 0. The molecule has 5 rings (SSSR count). The van der Waals surface area contributed by atoms with Gasteiger partial charge in [0, 0.05) is 19.6 Å². The highest BCUT2D eigenvalue weighted by Gasteiger charge is 2.43. The highest BCUT2D eigenvalue weighted by Crippen LogP contribution is 2.54. The lowest BCUT2D eigenvalue weighted by atomic mass is 9.56. The Labute approximate surface area is 187 Å². The highest BCUT2D eigenvalue weighted by molar-refractivity contribution is 5.76. The predicted octanol–water partition coefficient (Wildman–Crippen LogP) is 5.53. The Morgan fingerprint density at radius 1 is 0.839 bits per heavy atom. The summed E-state index contributed by atoms with van der Waals surface area (Å²) < 4.78 is 4.16. The lowest BCUT2D eigenvalue weighted by molar-refractivity contribution is 0.00829. The van der Waals surface area contributed by atoms with Crippen LogP contribution in [0.1, 0.15) is 71.6 Å². The molecule has 0 amide bonds. The van der Waals surface area contributed by atoms with Gasteiger partial charge in [0.25, 0.3) is 0 Å². The molecule has 170 valence electrons. The monoisotopic (exact) mass is 423 g/mol. The molecule has 4 heteroatoms. The van der Waals surface area contributed by atoms with E-state index >= 15 is 0 Å². The van der Waals surface area contributed by atoms with Crippen LogP contribution in [0, 0.1) is 23.2 Å². The Hall–Kier alpha value is -1.55. The van der Waals surface area contributed by atoms with Crippen LogP contribution in [0.2, 0.25) is 0 Å². The molecule has 2 saturated carbocycles. The largest absolute Gasteiger partial charge is 0.329 e. The zero-order chi connectivity index (χ0) is 21.4. The van der Waals surface area contributed by atoms with Gasteiger partial charge in [0.2, 0.25) is 0 Å². The third kappa shape index (κ3) is 4.37. The predicted molar refractivity (Wildman–Crippen MR) is 128 cm³/mol. The maximum absolute atomic E-state index is 13.5. The van der Waals surface area contributed by atoms with Crippen molar-refractivity contribution < 1.29 is 0 Å². The van der Waals surface area contributed by atoms with E-state index in [4.69, 9.17) is 0 Å². The van der Waals surface area contributed by atoms with Gasteiger partial charge in [-0.2, -0.15) is 0 Å². The number of para-hydroxylation sites is 2. The molecule has 3 fully saturated rings. The summed E-state index contributed by atoms with van der Waals surface area (Å²) in [5, 5.41) is 0. The van der Waals surface area contributed by atoms with E-state index in [1.165, 1.54) is 64.5 Å². The number of imidazole rings is 1. The minimum atomic E-state index is 0.207. The van der Waals surface area contributed by atoms with Crippen molar-refractivity contribution in [1.82, 2.24) is 14.0 Å². The minimum Gasteiger partial charge on any atom is -0.302 e. The maximum Gasteiger partial charge on any atom is 0.329 e. The van der Waals surface area contributed by atoms with E-state index in [1.54, 1.807) is 0 Å². The van der Waals surface area contributed by atoms with Gasteiger partial charge in [0.1, 0.15) is 0 Å². The molecule has 2 heterocycles. The van der Waals surface area contributed by atoms with Crippen molar-refractivity contribution in [2.75, 3.05) is 19.6 Å².